The van der Waals surface area contributed by atoms with Crippen molar-refractivity contribution in [2.75, 3.05) is 21.3 Å². The molecule has 35 heavy (non-hydrogen) atoms. The van der Waals surface area contributed by atoms with Crippen LogP contribution in [0.3, 0.4) is 0 Å². The van der Waals surface area contributed by atoms with Gasteiger partial charge in [-0.25, -0.2) is 0 Å². The van der Waals surface area contributed by atoms with Crippen LogP contribution in [0.4, 0.5) is 0 Å². The Kier molecular flexibility index (Phi) is 4.23. The molecule has 3 unspecified atom stereocenters. The third-order valence-corrected chi connectivity index (χ3v) is 8.33. The fraction of sp³-hybridized carbons (Fsp3) is 0.321. The van der Waals surface area contributed by atoms with Crippen molar-refractivity contribution < 1.29 is 14.3 Å². The van der Waals surface area contributed by atoms with Gasteiger partial charge in [-0.1, -0.05) is 36.4 Å². The zero-order valence-electron chi connectivity index (χ0n) is 20.3. The van der Waals surface area contributed by atoms with Gasteiger partial charge in [-0.3, -0.25) is 4.79 Å². The number of amides is 1. The minimum Gasteiger partial charge on any atom is -0.375 e. The lowest BCUT2D eigenvalue weighted by molar-refractivity contribution is -0.166. The van der Waals surface area contributed by atoms with Crippen molar-refractivity contribution in [2.45, 2.75) is 37.9 Å². The number of methoxy groups -OCH3 is 2. The van der Waals surface area contributed by atoms with Crippen LogP contribution >= 0.6 is 0 Å². The molecule has 0 fully saturated rings. The lowest BCUT2D eigenvalue weighted by atomic mass is 9.95. The molecule has 2 aliphatic heterocycles. The summed E-state index contributed by atoms with van der Waals surface area (Å²) >= 11 is 0. The lowest BCUT2D eigenvalue weighted by Gasteiger charge is -2.43. The molecule has 0 bridgehead atoms. The van der Waals surface area contributed by atoms with E-state index >= 15 is 0 Å². The van der Waals surface area contributed by atoms with E-state index in [0.29, 0.717) is 13.1 Å². The molecule has 0 saturated heterocycles. The van der Waals surface area contributed by atoms with E-state index in [1.54, 1.807) is 14.2 Å². The maximum atomic E-state index is 13.3. The summed E-state index contributed by atoms with van der Waals surface area (Å²) < 4.78 is 17.3. The number of hydrogen-bond donors (Lipinski definition) is 2. The Morgan fingerprint density at radius 2 is 1.69 bits per heavy atom. The van der Waals surface area contributed by atoms with Crippen LogP contribution in [-0.4, -0.2) is 48.5 Å². The Morgan fingerprint density at radius 1 is 1.00 bits per heavy atom. The van der Waals surface area contributed by atoms with Gasteiger partial charge in [-0.2, -0.15) is 0 Å². The van der Waals surface area contributed by atoms with E-state index in [4.69, 9.17) is 9.47 Å². The molecule has 0 spiro atoms. The van der Waals surface area contributed by atoms with E-state index < -0.39 is 5.72 Å². The predicted octanol–water partition coefficient (Wildman–Crippen LogP) is 4.08. The number of nitrogens with zero attached hydrogens (tertiary/aromatic N) is 2. The third kappa shape index (κ3) is 2.38. The molecule has 0 saturated carbocycles. The van der Waals surface area contributed by atoms with Crippen LogP contribution in [-0.2, 0) is 28.3 Å². The molecule has 5 aromatic rings. The molecule has 3 aromatic carbocycles. The number of ether oxygens (including phenoxy) is 2. The second kappa shape index (κ2) is 7.07. The monoisotopic (exact) mass is 468 g/mol. The molecule has 4 heterocycles. The van der Waals surface area contributed by atoms with Crippen LogP contribution in [0, 0.1) is 0 Å². The number of para-hydroxylation sites is 2. The first-order chi connectivity index (χ1) is 17.0. The number of carbonyl (C=O) groups excluding carboxylic acids is 1. The van der Waals surface area contributed by atoms with Gasteiger partial charge in [0.1, 0.15) is 6.10 Å². The first-order valence-corrected chi connectivity index (χ1v) is 12.1. The van der Waals surface area contributed by atoms with Crippen LogP contribution in [0.2, 0.25) is 0 Å². The summed E-state index contributed by atoms with van der Waals surface area (Å²) in [6.07, 6.45) is -0.283. The number of carbonyl (C=O) groups is 1. The predicted molar refractivity (Wildman–Crippen MR) is 138 cm³/mol. The average molecular weight is 469 g/mol. The Morgan fingerprint density at radius 3 is 2.37 bits per heavy atom. The molecule has 0 aliphatic carbocycles. The van der Waals surface area contributed by atoms with Crippen molar-refractivity contribution in [1.82, 2.24) is 19.8 Å². The maximum absolute atomic E-state index is 13.3. The highest BCUT2D eigenvalue weighted by Crippen LogP contribution is 2.48. The molecule has 7 rings (SSSR count). The van der Waals surface area contributed by atoms with E-state index in [2.05, 4.69) is 75.2 Å². The summed E-state index contributed by atoms with van der Waals surface area (Å²) in [6.45, 7) is 3.30. The van der Waals surface area contributed by atoms with Gasteiger partial charge in [0, 0.05) is 54.4 Å². The van der Waals surface area contributed by atoms with E-state index in [0.717, 1.165) is 54.7 Å². The number of hydrogen-bond acceptors (Lipinski definition) is 4. The molecule has 2 aliphatic rings. The number of nitrogens with one attached hydrogen (secondary N) is 2. The van der Waals surface area contributed by atoms with E-state index in [9.17, 15) is 4.79 Å². The van der Waals surface area contributed by atoms with Crippen molar-refractivity contribution in [3.63, 3.8) is 0 Å². The number of likely N-dealkylation sites (N-methyl/N-ethyl adjacent to an activating group) is 1. The van der Waals surface area contributed by atoms with Crippen molar-refractivity contribution >= 4 is 49.5 Å². The van der Waals surface area contributed by atoms with Gasteiger partial charge in [0.15, 0.2) is 5.72 Å². The first-order valence-electron chi connectivity index (χ1n) is 12.1. The van der Waals surface area contributed by atoms with Crippen LogP contribution in [0.15, 0.2) is 48.5 Å². The van der Waals surface area contributed by atoms with Crippen LogP contribution in [0.1, 0.15) is 22.8 Å². The summed E-state index contributed by atoms with van der Waals surface area (Å²) in [4.78, 5) is 13.3. The molecule has 3 atom stereocenters. The average Bonchev–Trinajstić information content (AvgIpc) is 3.53. The Labute approximate surface area is 202 Å². The maximum Gasteiger partial charge on any atom is 0.252 e. The second-order valence-electron chi connectivity index (χ2n) is 9.77. The van der Waals surface area contributed by atoms with E-state index in [1.807, 2.05) is 7.05 Å². The summed E-state index contributed by atoms with van der Waals surface area (Å²) in [7, 11) is 5.48. The topological polar surface area (TPSA) is 69.5 Å². The first kappa shape index (κ1) is 20.9. The smallest absolute Gasteiger partial charge is 0.252 e. The van der Waals surface area contributed by atoms with Gasteiger partial charge in [-0.15, -0.1) is 0 Å². The van der Waals surface area contributed by atoms with Crippen molar-refractivity contribution in [1.29, 1.82) is 0 Å². The van der Waals surface area contributed by atoms with Gasteiger partial charge in [0.05, 0.1) is 28.2 Å². The highest BCUT2D eigenvalue weighted by atomic mass is 16.6. The van der Waals surface area contributed by atoms with Crippen molar-refractivity contribution in [3.05, 3.63) is 59.7 Å². The highest BCUT2D eigenvalue weighted by Gasteiger charge is 2.46. The zero-order chi connectivity index (χ0) is 24.1. The van der Waals surface area contributed by atoms with Crippen LogP contribution < -0.4 is 10.6 Å². The lowest BCUT2D eigenvalue weighted by Crippen LogP contribution is -2.56. The minimum absolute atomic E-state index is 0.00173. The van der Waals surface area contributed by atoms with Crippen LogP contribution in [0.5, 0.6) is 0 Å². The van der Waals surface area contributed by atoms with Gasteiger partial charge in [0.25, 0.3) is 5.91 Å². The molecule has 1 amide bonds. The summed E-state index contributed by atoms with van der Waals surface area (Å²) in [5, 5.41) is 11.0. The van der Waals surface area contributed by atoms with Gasteiger partial charge < -0.3 is 29.2 Å². The molecule has 7 heteroatoms. The van der Waals surface area contributed by atoms with Crippen LogP contribution in [0.25, 0.3) is 43.6 Å². The molecule has 2 aromatic heterocycles. The van der Waals surface area contributed by atoms with Gasteiger partial charge in [0.2, 0.25) is 0 Å². The highest BCUT2D eigenvalue weighted by molar-refractivity contribution is 6.30. The number of benzene rings is 3. The summed E-state index contributed by atoms with van der Waals surface area (Å²) in [5.41, 5.74) is 5.41. The van der Waals surface area contributed by atoms with Gasteiger partial charge >= 0.3 is 0 Å². The van der Waals surface area contributed by atoms with Crippen molar-refractivity contribution in [3.8, 4) is 0 Å². The zero-order valence-corrected chi connectivity index (χ0v) is 20.3. The SMILES string of the molecule is CNC1Cn2c3ccccc3c3c4c(c5c6ccccc6n(c5c32)C(C)(OC)C1OC)CNC4=O. The molecule has 2 N–H and O–H groups in total. The van der Waals surface area contributed by atoms with E-state index in [1.165, 1.54) is 0 Å². The second-order valence-corrected chi connectivity index (χ2v) is 9.77. The van der Waals surface area contributed by atoms with Gasteiger partial charge in [-0.05, 0) is 31.7 Å². The normalized spacial score (nSPS) is 23.9. The number of rotatable bonds is 3. The minimum atomic E-state index is -0.803. The summed E-state index contributed by atoms with van der Waals surface area (Å²) in [6, 6.07) is 16.8. The Hall–Kier alpha value is -3.39. The molecular formula is C28H28N4O3. The largest absolute Gasteiger partial charge is 0.375 e. The fourth-order valence-corrected chi connectivity index (χ4v) is 6.81. The Balaban J connectivity index is 1.86. The van der Waals surface area contributed by atoms with Crippen molar-refractivity contribution in [2.24, 2.45) is 0 Å². The standard InChI is InChI=1S/C28H28N4O3/c1-28(35-4)26(34-3)18(29-2)14-31-19-11-7-5-9-15(19)22-23-17(13-30-27(23)33)21-16-10-6-8-12-20(16)32(28)25(21)24(22)31/h5-12,18,26,29H,13-14H2,1-4H3,(H,30,33). The molecule has 178 valence electrons. The fourth-order valence-electron chi connectivity index (χ4n) is 6.81. The number of aromatic nitrogens is 2. The molecular weight excluding hydrogens is 440 g/mol. The number of fused-ring (bicyclic) bond motifs is 9. The molecule has 7 nitrogen and oxygen atoms in total. The molecule has 0 radical (unpaired) electrons. The summed E-state index contributed by atoms with van der Waals surface area (Å²) in [5.74, 6) is -0.00173. The van der Waals surface area contributed by atoms with E-state index in [-0.39, 0.29) is 18.1 Å². The Bertz CT molecular complexity index is 1700. The third-order valence-electron chi connectivity index (χ3n) is 8.33. The quantitative estimate of drug-likeness (QED) is 0.419.